The molecule has 0 aliphatic rings. The Morgan fingerprint density at radius 3 is 2.84 bits per heavy atom. The van der Waals surface area contributed by atoms with Gasteiger partial charge in [-0.15, -0.1) is 0 Å². The zero-order valence-electron chi connectivity index (χ0n) is 10.3. The highest BCUT2D eigenvalue weighted by Crippen LogP contribution is 2.16. The maximum atomic E-state index is 11.6. The van der Waals surface area contributed by atoms with Crippen molar-refractivity contribution >= 4 is 17.5 Å². The molecular weight excluding hydrogens is 268 g/mol. The normalized spacial score (nSPS) is 11.9. The summed E-state index contributed by atoms with van der Waals surface area (Å²) in [5.74, 6) is 0.410. The molecule has 2 rings (SSSR count). The number of carbonyl (C=O) groups is 1. The van der Waals surface area contributed by atoms with Gasteiger partial charge in [0.15, 0.2) is 5.69 Å². The third kappa shape index (κ3) is 3.96. The average Bonchev–Trinajstić information content (AvgIpc) is 2.93. The van der Waals surface area contributed by atoms with Gasteiger partial charge < -0.3 is 10.1 Å². The highest BCUT2D eigenvalue weighted by atomic mass is 35.5. The summed E-state index contributed by atoms with van der Waals surface area (Å²) in [6.07, 6.45) is 1.19. The van der Waals surface area contributed by atoms with Crippen LogP contribution >= 0.6 is 11.6 Å². The number of hydrogen-bond acceptors (Lipinski definition) is 4. The van der Waals surface area contributed by atoms with Gasteiger partial charge >= 0.3 is 0 Å². The molecule has 7 heteroatoms. The Bertz CT molecular complexity index is 527. The lowest BCUT2D eigenvalue weighted by atomic mass is 10.3. The Labute approximate surface area is 115 Å². The molecule has 0 saturated heterocycles. The second-order valence-corrected chi connectivity index (χ2v) is 4.38. The maximum Gasteiger partial charge on any atom is 0.273 e. The van der Waals surface area contributed by atoms with Gasteiger partial charge in [0.25, 0.3) is 5.91 Å². The van der Waals surface area contributed by atoms with Crippen LogP contribution in [0.15, 0.2) is 30.5 Å². The van der Waals surface area contributed by atoms with Gasteiger partial charge in [0.2, 0.25) is 0 Å². The van der Waals surface area contributed by atoms with Crippen LogP contribution in [0.2, 0.25) is 5.02 Å². The van der Waals surface area contributed by atoms with Crippen molar-refractivity contribution in [2.24, 2.45) is 0 Å². The van der Waals surface area contributed by atoms with Gasteiger partial charge in [0, 0.05) is 5.02 Å². The van der Waals surface area contributed by atoms with Crippen molar-refractivity contribution in [2.45, 2.75) is 13.0 Å². The fourth-order valence-corrected chi connectivity index (χ4v) is 1.55. The molecule has 0 spiro atoms. The molecule has 0 aliphatic carbocycles. The van der Waals surface area contributed by atoms with Crippen LogP contribution in [0.4, 0.5) is 0 Å². The van der Waals surface area contributed by atoms with Crippen LogP contribution in [0.25, 0.3) is 0 Å². The Kier molecular flexibility index (Phi) is 4.35. The minimum Gasteiger partial charge on any atom is -0.489 e. The smallest absolute Gasteiger partial charge is 0.273 e. The quantitative estimate of drug-likeness (QED) is 0.873. The van der Waals surface area contributed by atoms with Gasteiger partial charge in [-0.1, -0.05) is 11.6 Å². The summed E-state index contributed by atoms with van der Waals surface area (Å²) < 4.78 is 5.62. The summed E-state index contributed by atoms with van der Waals surface area (Å²) in [6, 6.07) is 7.05. The zero-order chi connectivity index (χ0) is 13.7. The molecule has 1 aromatic carbocycles. The van der Waals surface area contributed by atoms with Crippen LogP contribution in [0.3, 0.4) is 0 Å². The molecule has 6 nitrogen and oxygen atoms in total. The molecule has 0 unspecified atom stereocenters. The van der Waals surface area contributed by atoms with Crippen molar-refractivity contribution in [3.8, 4) is 5.75 Å². The van der Waals surface area contributed by atoms with E-state index in [1.807, 2.05) is 6.92 Å². The van der Waals surface area contributed by atoms with E-state index < -0.39 is 0 Å². The first-order chi connectivity index (χ1) is 9.15. The molecule has 0 saturated carbocycles. The fourth-order valence-electron chi connectivity index (χ4n) is 1.43. The molecule has 100 valence electrons. The highest BCUT2D eigenvalue weighted by Gasteiger charge is 2.10. The lowest BCUT2D eigenvalue weighted by molar-refractivity contribution is 0.0927. The van der Waals surface area contributed by atoms with Crippen LogP contribution in [-0.2, 0) is 0 Å². The first-order valence-electron chi connectivity index (χ1n) is 5.71. The predicted octanol–water partition coefficient (Wildman–Crippen LogP) is 1.66. The summed E-state index contributed by atoms with van der Waals surface area (Å²) in [4.78, 5) is 11.6. The van der Waals surface area contributed by atoms with Gasteiger partial charge in [-0.05, 0) is 31.2 Å². The van der Waals surface area contributed by atoms with Gasteiger partial charge in [-0.25, -0.2) is 0 Å². The van der Waals surface area contributed by atoms with Crippen molar-refractivity contribution in [2.75, 3.05) is 6.54 Å². The van der Waals surface area contributed by atoms with E-state index in [1.54, 1.807) is 24.3 Å². The number of carbonyl (C=O) groups excluding carboxylic acids is 1. The fraction of sp³-hybridized carbons (Fsp3) is 0.250. The SMILES string of the molecule is C[C@H](CNC(=O)c1cn[nH]n1)Oc1ccc(Cl)cc1. The molecule has 2 N–H and O–H groups in total. The number of benzene rings is 1. The molecule has 0 radical (unpaired) electrons. The maximum absolute atomic E-state index is 11.6. The number of aromatic nitrogens is 3. The third-order valence-electron chi connectivity index (χ3n) is 2.35. The minimum absolute atomic E-state index is 0.169. The first kappa shape index (κ1) is 13.4. The molecule has 1 aromatic heterocycles. The van der Waals surface area contributed by atoms with E-state index in [4.69, 9.17) is 16.3 Å². The Hall–Kier alpha value is -2.08. The van der Waals surface area contributed by atoms with E-state index in [9.17, 15) is 4.79 Å². The lowest BCUT2D eigenvalue weighted by Crippen LogP contribution is -2.33. The van der Waals surface area contributed by atoms with Crippen molar-refractivity contribution in [3.05, 3.63) is 41.2 Å². The first-order valence-corrected chi connectivity index (χ1v) is 6.09. The second-order valence-electron chi connectivity index (χ2n) is 3.95. The summed E-state index contributed by atoms with van der Waals surface area (Å²) in [5, 5.41) is 13.0. The van der Waals surface area contributed by atoms with E-state index >= 15 is 0 Å². The van der Waals surface area contributed by atoms with Crippen molar-refractivity contribution in [1.82, 2.24) is 20.7 Å². The molecule has 2 aromatic rings. The standard InChI is InChI=1S/C12H13ClN4O2/c1-8(19-10-4-2-9(13)3-5-10)6-14-12(18)11-7-15-17-16-11/h2-5,7-8H,6H2,1H3,(H,14,18)(H,15,16,17)/t8-/m1/s1. The number of halogens is 1. The molecule has 1 amide bonds. The number of ether oxygens (including phenoxy) is 1. The number of rotatable bonds is 5. The molecule has 0 aliphatic heterocycles. The number of hydrogen-bond donors (Lipinski definition) is 2. The summed E-state index contributed by atoms with van der Waals surface area (Å²) >= 11 is 5.78. The summed E-state index contributed by atoms with van der Waals surface area (Å²) in [6.45, 7) is 2.23. The molecule has 19 heavy (non-hydrogen) atoms. The van der Waals surface area contributed by atoms with Crippen molar-refractivity contribution in [3.63, 3.8) is 0 Å². The topological polar surface area (TPSA) is 79.9 Å². The number of amides is 1. The highest BCUT2D eigenvalue weighted by molar-refractivity contribution is 6.30. The van der Waals surface area contributed by atoms with Gasteiger partial charge in [0.1, 0.15) is 11.9 Å². The molecule has 1 atom stereocenters. The third-order valence-corrected chi connectivity index (χ3v) is 2.60. The lowest BCUT2D eigenvalue weighted by Gasteiger charge is -2.15. The van der Waals surface area contributed by atoms with E-state index in [0.29, 0.717) is 17.3 Å². The van der Waals surface area contributed by atoms with Crippen molar-refractivity contribution < 1.29 is 9.53 Å². The van der Waals surface area contributed by atoms with Crippen LogP contribution in [0.5, 0.6) is 5.75 Å². The summed E-state index contributed by atoms with van der Waals surface area (Å²) in [5.41, 5.74) is 0.249. The van der Waals surface area contributed by atoms with Crippen LogP contribution in [0.1, 0.15) is 17.4 Å². The van der Waals surface area contributed by atoms with E-state index in [0.717, 1.165) is 0 Å². The van der Waals surface area contributed by atoms with E-state index in [2.05, 4.69) is 20.7 Å². The average molecular weight is 281 g/mol. The zero-order valence-corrected chi connectivity index (χ0v) is 11.0. The van der Waals surface area contributed by atoms with Gasteiger partial charge in [0.05, 0.1) is 12.7 Å². The Balaban J connectivity index is 1.80. The van der Waals surface area contributed by atoms with Gasteiger partial charge in [-0.3, -0.25) is 4.79 Å². The molecule has 0 bridgehead atoms. The number of H-pyrrole nitrogens is 1. The number of aromatic amines is 1. The van der Waals surface area contributed by atoms with Crippen molar-refractivity contribution in [1.29, 1.82) is 0 Å². The molecular formula is C12H13ClN4O2. The number of nitrogens with zero attached hydrogens (tertiary/aromatic N) is 2. The molecule has 0 fully saturated rings. The van der Waals surface area contributed by atoms with E-state index in [1.165, 1.54) is 6.20 Å². The van der Waals surface area contributed by atoms with Crippen LogP contribution in [-0.4, -0.2) is 34.0 Å². The van der Waals surface area contributed by atoms with Crippen LogP contribution in [0, 0.1) is 0 Å². The predicted molar refractivity (Wildman–Crippen MR) is 70.3 cm³/mol. The minimum atomic E-state index is -0.291. The summed E-state index contributed by atoms with van der Waals surface area (Å²) in [7, 11) is 0. The molecule has 1 heterocycles. The van der Waals surface area contributed by atoms with E-state index in [-0.39, 0.29) is 17.7 Å². The van der Waals surface area contributed by atoms with Crippen LogP contribution < -0.4 is 10.1 Å². The second kappa shape index (κ2) is 6.19. The number of nitrogens with one attached hydrogen (secondary N) is 2. The Morgan fingerprint density at radius 1 is 1.47 bits per heavy atom. The van der Waals surface area contributed by atoms with Gasteiger partial charge in [-0.2, -0.15) is 15.4 Å². The largest absolute Gasteiger partial charge is 0.489 e. The Morgan fingerprint density at radius 2 is 2.21 bits per heavy atom. The monoisotopic (exact) mass is 280 g/mol.